The second kappa shape index (κ2) is 9.29. The zero-order chi connectivity index (χ0) is 17.7. The van der Waals surface area contributed by atoms with Gasteiger partial charge in [0.25, 0.3) is 0 Å². The van der Waals surface area contributed by atoms with Gasteiger partial charge in [-0.1, -0.05) is 25.1 Å². The molecular weight excluding hydrogens is 446 g/mol. The summed E-state index contributed by atoms with van der Waals surface area (Å²) in [7, 11) is 1.74. The molecule has 0 saturated heterocycles. The first-order valence-electron chi connectivity index (χ1n) is 8.75. The van der Waals surface area contributed by atoms with Crippen LogP contribution in [-0.4, -0.2) is 40.9 Å². The van der Waals surface area contributed by atoms with Crippen LogP contribution in [0.2, 0.25) is 0 Å². The third kappa shape index (κ3) is 4.72. The molecule has 142 valence electrons. The molecule has 0 unspecified atom stereocenters. The second-order valence-electron chi connectivity index (χ2n) is 6.41. The van der Waals surface area contributed by atoms with Crippen molar-refractivity contribution >= 4 is 29.9 Å². The van der Waals surface area contributed by atoms with Crippen molar-refractivity contribution < 1.29 is 4.39 Å². The number of benzene rings is 1. The number of aromatic nitrogens is 3. The molecule has 3 rings (SSSR count). The molecule has 0 aliphatic heterocycles. The van der Waals surface area contributed by atoms with E-state index in [1.54, 1.807) is 19.4 Å². The van der Waals surface area contributed by atoms with E-state index in [0.717, 1.165) is 49.7 Å². The first-order valence-corrected chi connectivity index (χ1v) is 8.75. The second-order valence-corrected chi connectivity index (χ2v) is 6.41. The van der Waals surface area contributed by atoms with Gasteiger partial charge >= 0.3 is 0 Å². The lowest BCUT2D eigenvalue weighted by atomic mass is 9.95. The van der Waals surface area contributed by atoms with Gasteiger partial charge in [0.05, 0.1) is 0 Å². The normalized spacial score (nSPS) is 15.3. The topological polar surface area (TPSA) is 67.1 Å². The molecule has 1 aromatic carbocycles. The number of hydrogen-bond acceptors (Lipinski definition) is 3. The molecule has 1 aliphatic rings. The predicted molar refractivity (Wildman–Crippen MR) is 111 cm³/mol. The van der Waals surface area contributed by atoms with Gasteiger partial charge in [0, 0.05) is 38.5 Å². The molecule has 26 heavy (non-hydrogen) atoms. The van der Waals surface area contributed by atoms with Crippen LogP contribution in [-0.2, 0) is 18.4 Å². The van der Waals surface area contributed by atoms with E-state index in [1.165, 1.54) is 6.07 Å². The minimum absolute atomic E-state index is 0. The average molecular weight is 472 g/mol. The Morgan fingerprint density at radius 1 is 1.31 bits per heavy atom. The summed E-state index contributed by atoms with van der Waals surface area (Å²) in [6.45, 7) is 4.24. The fourth-order valence-electron chi connectivity index (χ4n) is 3.09. The van der Waals surface area contributed by atoms with E-state index in [9.17, 15) is 4.39 Å². The molecule has 0 radical (unpaired) electrons. The van der Waals surface area contributed by atoms with Crippen molar-refractivity contribution in [2.24, 2.45) is 4.99 Å². The van der Waals surface area contributed by atoms with Gasteiger partial charge < -0.3 is 15.2 Å². The lowest BCUT2D eigenvalue weighted by Gasteiger charge is -2.19. The fourth-order valence-corrected chi connectivity index (χ4v) is 3.09. The number of nitrogens with zero attached hydrogens (tertiary/aromatic N) is 4. The Hall–Kier alpha value is -1.71. The maximum atomic E-state index is 14.1. The predicted octanol–water partition coefficient (Wildman–Crippen LogP) is 2.49. The van der Waals surface area contributed by atoms with Crippen molar-refractivity contribution in [1.82, 2.24) is 25.4 Å². The summed E-state index contributed by atoms with van der Waals surface area (Å²) < 4.78 is 16.1. The van der Waals surface area contributed by atoms with Crippen LogP contribution in [0.1, 0.15) is 31.2 Å². The van der Waals surface area contributed by atoms with Crippen LogP contribution in [0.4, 0.5) is 4.39 Å². The number of aliphatic imine (C=N–C) groups is 1. The Bertz CT molecular complexity index is 741. The zero-order valence-corrected chi connectivity index (χ0v) is 17.5. The van der Waals surface area contributed by atoms with Crippen LogP contribution in [0.25, 0.3) is 0 Å². The Labute approximate surface area is 170 Å². The lowest BCUT2D eigenvalue weighted by molar-refractivity contribution is 0.558. The van der Waals surface area contributed by atoms with E-state index in [2.05, 4.69) is 32.7 Å². The van der Waals surface area contributed by atoms with Gasteiger partial charge in [-0.2, -0.15) is 0 Å². The Kier molecular flexibility index (Phi) is 7.36. The van der Waals surface area contributed by atoms with Gasteiger partial charge in [0.1, 0.15) is 18.0 Å². The van der Waals surface area contributed by atoms with E-state index >= 15 is 0 Å². The van der Waals surface area contributed by atoms with E-state index in [4.69, 9.17) is 0 Å². The van der Waals surface area contributed by atoms with Crippen molar-refractivity contribution in [2.45, 2.75) is 38.1 Å². The minimum Gasteiger partial charge on any atom is -0.356 e. The molecule has 0 atom stereocenters. The van der Waals surface area contributed by atoms with Gasteiger partial charge in [-0.15, -0.1) is 34.2 Å². The van der Waals surface area contributed by atoms with Crippen LogP contribution in [0.15, 0.2) is 35.6 Å². The summed E-state index contributed by atoms with van der Waals surface area (Å²) in [5.41, 5.74) is 0.696. The monoisotopic (exact) mass is 472 g/mol. The lowest BCUT2D eigenvalue weighted by Crippen LogP contribution is -2.42. The Morgan fingerprint density at radius 2 is 2.08 bits per heavy atom. The quantitative estimate of drug-likeness (QED) is 0.369. The smallest absolute Gasteiger partial charge is 0.191 e. The van der Waals surface area contributed by atoms with Crippen molar-refractivity contribution in [1.29, 1.82) is 0 Å². The standard InChI is InChI=1S/C18H25FN6.HI/c1-3-16-24-23-13-25(16)11-10-21-17(20-2)22-12-18(8-9-18)14-6-4-5-7-15(14)19;/h4-7,13H,3,8-12H2,1-2H3,(H2,20,21,22);1H. The maximum Gasteiger partial charge on any atom is 0.191 e. The molecule has 2 aromatic rings. The molecule has 1 fully saturated rings. The molecule has 1 saturated carbocycles. The minimum atomic E-state index is -0.121. The molecule has 0 spiro atoms. The summed E-state index contributed by atoms with van der Waals surface area (Å²) in [4.78, 5) is 4.26. The van der Waals surface area contributed by atoms with Crippen LogP contribution in [0.3, 0.4) is 0 Å². The number of hydrogen-bond donors (Lipinski definition) is 2. The third-order valence-corrected chi connectivity index (χ3v) is 4.77. The maximum absolute atomic E-state index is 14.1. The van der Waals surface area contributed by atoms with Crippen LogP contribution in [0, 0.1) is 5.82 Å². The molecule has 8 heteroatoms. The molecule has 1 aliphatic carbocycles. The zero-order valence-electron chi connectivity index (χ0n) is 15.2. The number of guanidine groups is 1. The Balaban J connectivity index is 0.00000243. The summed E-state index contributed by atoms with van der Waals surface area (Å²) in [6, 6.07) is 7.06. The summed E-state index contributed by atoms with van der Waals surface area (Å²) in [6.07, 6.45) is 4.60. The Morgan fingerprint density at radius 3 is 2.73 bits per heavy atom. The van der Waals surface area contributed by atoms with Gasteiger partial charge in [-0.3, -0.25) is 4.99 Å². The van der Waals surface area contributed by atoms with Gasteiger partial charge in [-0.25, -0.2) is 4.39 Å². The molecule has 0 amide bonds. The van der Waals surface area contributed by atoms with Gasteiger partial charge in [-0.05, 0) is 24.5 Å². The third-order valence-electron chi connectivity index (χ3n) is 4.77. The molecule has 2 N–H and O–H groups in total. The largest absolute Gasteiger partial charge is 0.356 e. The number of nitrogens with one attached hydrogen (secondary N) is 2. The summed E-state index contributed by atoms with van der Waals surface area (Å²) in [5.74, 6) is 1.58. The molecule has 1 heterocycles. The first kappa shape index (κ1) is 20.6. The van der Waals surface area contributed by atoms with E-state index in [-0.39, 0.29) is 35.2 Å². The van der Waals surface area contributed by atoms with Crippen molar-refractivity contribution in [3.05, 3.63) is 47.8 Å². The number of rotatable bonds is 7. The highest BCUT2D eigenvalue weighted by molar-refractivity contribution is 14.0. The molecule has 6 nitrogen and oxygen atoms in total. The molecule has 0 bridgehead atoms. The highest BCUT2D eigenvalue weighted by atomic mass is 127. The van der Waals surface area contributed by atoms with E-state index in [1.807, 2.05) is 16.7 Å². The fraction of sp³-hybridized carbons (Fsp3) is 0.500. The first-order chi connectivity index (χ1) is 12.2. The van der Waals surface area contributed by atoms with Crippen molar-refractivity contribution in [2.75, 3.05) is 20.1 Å². The van der Waals surface area contributed by atoms with Crippen LogP contribution >= 0.6 is 24.0 Å². The van der Waals surface area contributed by atoms with Crippen LogP contribution in [0.5, 0.6) is 0 Å². The van der Waals surface area contributed by atoms with Crippen LogP contribution < -0.4 is 10.6 Å². The average Bonchev–Trinajstić information content (AvgIpc) is 3.28. The number of aryl methyl sites for hydroxylation is 1. The van der Waals surface area contributed by atoms with Gasteiger partial charge in [0.15, 0.2) is 5.96 Å². The summed E-state index contributed by atoms with van der Waals surface area (Å²) in [5, 5.41) is 14.6. The van der Waals surface area contributed by atoms with E-state index < -0.39 is 0 Å². The highest BCUT2D eigenvalue weighted by Gasteiger charge is 2.45. The highest BCUT2D eigenvalue weighted by Crippen LogP contribution is 2.48. The van der Waals surface area contributed by atoms with E-state index in [0.29, 0.717) is 6.54 Å². The number of halogens is 2. The molecular formula is C18H26FIN6. The summed E-state index contributed by atoms with van der Waals surface area (Å²) >= 11 is 0. The van der Waals surface area contributed by atoms with Crippen molar-refractivity contribution in [3.63, 3.8) is 0 Å². The SMILES string of the molecule is CCc1nncn1CCNC(=NC)NCC1(c2ccccc2F)CC1.I. The van der Waals surface area contributed by atoms with Crippen molar-refractivity contribution in [3.8, 4) is 0 Å². The van der Waals surface area contributed by atoms with Gasteiger partial charge in [0.2, 0.25) is 0 Å². The molecule has 1 aromatic heterocycles.